The smallest absolute Gasteiger partial charge is 0.202 e. The molecule has 2 saturated heterocycles. The molecule has 8 nitrogen and oxygen atoms in total. The van der Waals surface area contributed by atoms with Crippen molar-refractivity contribution in [3.05, 3.63) is 17.2 Å². The van der Waals surface area contributed by atoms with Crippen LogP contribution in [-0.4, -0.2) is 74.2 Å². The van der Waals surface area contributed by atoms with Crippen molar-refractivity contribution in [2.45, 2.75) is 19.8 Å². The molecule has 2 aliphatic rings. The van der Waals surface area contributed by atoms with Crippen molar-refractivity contribution in [3.8, 4) is 12.1 Å². The van der Waals surface area contributed by atoms with Crippen molar-refractivity contribution in [3.63, 3.8) is 0 Å². The topological polar surface area (TPSA) is 91.8 Å². The Balaban J connectivity index is 2.01. The average Bonchev–Trinajstić information content (AvgIpc) is 2.72. The van der Waals surface area contributed by atoms with Gasteiger partial charge in [0, 0.05) is 40.3 Å². The number of anilines is 1. The summed E-state index contributed by atoms with van der Waals surface area (Å²) in [6, 6.07) is 5.93. The Morgan fingerprint density at radius 3 is 2.36 bits per heavy atom. The van der Waals surface area contributed by atoms with Crippen LogP contribution in [0, 0.1) is 28.6 Å². The van der Waals surface area contributed by atoms with E-state index >= 15 is 0 Å². The second-order valence-corrected chi connectivity index (χ2v) is 7.53. The minimum absolute atomic E-state index is 0.318. The molecule has 0 unspecified atom stereocenters. The fraction of sp³-hybridized carbons (Fsp3) is 0.600. The molecule has 0 saturated carbocycles. The lowest BCUT2D eigenvalue weighted by Gasteiger charge is -2.35. The van der Waals surface area contributed by atoms with Crippen LogP contribution >= 0.6 is 0 Å². The quantitative estimate of drug-likeness (QED) is 0.571. The maximum absolute atomic E-state index is 9.61. The molecule has 0 bridgehead atoms. The number of nitrogens with zero attached hydrogens (tertiary/aromatic N) is 7. The number of rotatable bonds is 2. The van der Waals surface area contributed by atoms with E-state index in [0.717, 1.165) is 37.8 Å². The van der Waals surface area contributed by atoms with Gasteiger partial charge < -0.3 is 19.4 Å². The van der Waals surface area contributed by atoms with Crippen LogP contribution in [0.5, 0.6) is 0 Å². The first-order valence-electron chi connectivity index (χ1n) is 9.72. The van der Waals surface area contributed by atoms with Crippen molar-refractivity contribution in [2.24, 2.45) is 10.9 Å². The first-order chi connectivity index (χ1) is 13.5. The number of morpholine rings is 1. The molecule has 3 heterocycles. The van der Waals surface area contributed by atoms with Gasteiger partial charge in [-0.2, -0.15) is 15.5 Å². The summed E-state index contributed by atoms with van der Waals surface area (Å²) in [5.41, 5.74) is 0.717. The molecule has 8 heteroatoms. The molecular formula is C20H27N7O. The van der Waals surface area contributed by atoms with E-state index < -0.39 is 0 Å². The van der Waals surface area contributed by atoms with Crippen LogP contribution in [0.1, 0.15) is 30.9 Å². The molecule has 2 fully saturated rings. The molecule has 1 aromatic rings. The van der Waals surface area contributed by atoms with E-state index in [0.29, 0.717) is 49.1 Å². The van der Waals surface area contributed by atoms with Gasteiger partial charge in [-0.1, -0.05) is 6.92 Å². The second kappa shape index (κ2) is 8.90. The zero-order valence-corrected chi connectivity index (χ0v) is 16.9. The Hall–Kier alpha value is -2.84. The van der Waals surface area contributed by atoms with Crippen LogP contribution in [0.2, 0.25) is 0 Å². The van der Waals surface area contributed by atoms with Crippen LogP contribution in [0.3, 0.4) is 0 Å². The van der Waals surface area contributed by atoms with Gasteiger partial charge in [0.25, 0.3) is 0 Å². The van der Waals surface area contributed by atoms with E-state index in [-0.39, 0.29) is 0 Å². The number of aromatic nitrogens is 1. The summed E-state index contributed by atoms with van der Waals surface area (Å²) in [6.07, 6.45) is 2.25. The SMILES string of the molecule is CC1CCN(C(=Nc2nc(N3CCOCC3)c(C#N)cc2C#N)N(C)C)CC1. The summed E-state index contributed by atoms with van der Waals surface area (Å²) in [6.45, 7) is 6.68. The van der Waals surface area contributed by atoms with E-state index in [4.69, 9.17) is 9.73 Å². The van der Waals surface area contributed by atoms with Gasteiger partial charge in [-0.05, 0) is 24.8 Å². The van der Waals surface area contributed by atoms with Crippen LogP contribution < -0.4 is 4.90 Å². The Bertz CT molecular complexity index is 807. The highest BCUT2D eigenvalue weighted by molar-refractivity contribution is 5.83. The Kier molecular flexibility index (Phi) is 6.33. The molecule has 148 valence electrons. The maximum Gasteiger partial charge on any atom is 0.202 e. The first kappa shape index (κ1) is 19.9. The third-order valence-electron chi connectivity index (χ3n) is 5.21. The van der Waals surface area contributed by atoms with Gasteiger partial charge in [-0.3, -0.25) is 0 Å². The van der Waals surface area contributed by atoms with Crippen molar-refractivity contribution in [1.82, 2.24) is 14.8 Å². The summed E-state index contributed by atoms with van der Waals surface area (Å²) in [4.78, 5) is 15.7. The highest BCUT2D eigenvalue weighted by Crippen LogP contribution is 2.27. The Labute approximate surface area is 166 Å². The zero-order valence-electron chi connectivity index (χ0n) is 16.9. The predicted octanol–water partition coefficient (Wildman–Crippen LogP) is 1.94. The zero-order chi connectivity index (χ0) is 20.1. The van der Waals surface area contributed by atoms with Gasteiger partial charge in [0.1, 0.15) is 18.0 Å². The number of likely N-dealkylation sites (tertiary alicyclic amines) is 1. The molecule has 28 heavy (non-hydrogen) atoms. The van der Waals surface area contributed by atoms with E-state index in [9.17, 15) is 10.5 Å². The molecule has 0 radical (unpaired) electrons. The molecule has 0 aromatic carbocycles. The number of piperidine rings is 1. The monoisotopic (exact) mass is 381 g/mol. The minimum atomic E-state index is 0.318. The van der Waals surface area contributed by atoms with E-state index in [1.54, 1.807) is 6.07 Å². The molecule has 0 spiro atoms. The lowest BCUT2D eigenvalue weighted by Crippen LogP contribution is -2.44. The van der Waals surface area contributed by atoms with Gasteiger partial charge in [0.2, 0.25) is 5.96 Å². The Morgan fingerprint density at radius 2 is 1.79 bits per heavy atom. The van der Waals surface area contributed by atoms with Gasteiger partial charge in [0.05, 0.1) is 24.3 Å². The third kappa shape index (κ3) is 4.35. The highest BCUT2D eigenvalue weighted by atomic mass is 16.5. The minimum Gasteiger partial charge on any atom is -0.378 e. The summed E-state index contributed by atoms with van der Waals surface area (Å²) in [5, 5.41) is 19.2. The van der Waals surface area contributed by atoms with Crippen LogP contribution in [-0.2, 0) is 4.74 Å². The number of guanidine groups is 1. The summed E-state index contributed by atoms with van der Waals surface area (Å²) >= 11 is 0. The van der Waals surface area contributed by atoms with Crippen LogP contribution in [0.25, 0.3) is 0 Å². The number of aliphatic imine (C=N–C) groups is 1. The number of hydrogen-bond acceptors (Lipinski definition) is 6. The van der Waals surface area contributed by atoms with E-state index in [1.807, 2.05) is 23.9 Å². The molecule has 0 amide bonds. The van der Waals surface area contributed by atoms with Crippen molar-refractivity contribution < 1.29 is 4.74 Å². The second-order valence-electron chi connectivity index (χ2n) is 7.53. The lowest BCUT2D eigenvalue weighted by atomic mass is 9.99. The number of hydrogen-bond donors (Lipinski definition) is 0. The van der Waals surface area contributed by atoms with Gasteiger partial charge in [-0.15, -0.1) is 0 Å². The largest absolute Gasteiger partial charge is 0.378 e. The normalized spacial score (nSPS) is 18.5. The number of nitriles is 2. The van der Waals surface area contributed by atoms with Crippen molar-refractivity contribution in [2.75, 3.05) is 58.4 Å². The van der Waals surface area contributed by atoms with Gasteiger partial charge in [0.15, 0.2) is 5.82 Å². The van der Waals surface area contributed by atoms with Crippen molar-refractivity contribution in [1.29, 1.82) is 10.5 Å². The molecule has 0 aliphatic carbocycles. The molecule has 0 atom stereocenters. The summed E-state index contributed by atoms with van der Waals surface area (Å²) in [7, 11) is 3.91. The highest BCUT2D eigenvalue weighted by Gasteiger charge is 2.23. The molecular weight excluding hydrogens is 354 g/mol. The summed E-state index contributed by atoms with van der Waals surface area (Å²) < 4.78 is 5.41. The van der Waals surface area contributed by atoms with Gasteiger partial charge >= 0.3 is 0 Å². The fourth-order valence-corrected chi connectivity index (χ4v) is 3.52. The first-order valence-corrected chi connectivity index (χ1v) is 9.72. The summed E-state index contributed by atoms with van der Waals surface area (Å²) in [5.74, 6) is 2.46. The lowest BCUT2D eigenvalue weighted by molar-refractivity contribution is 0.122. The maximum atomic E-state index is 9.61. The Morgan fingerprint density at radius 1 is 1.14 bits per heavy atom. The van der Waals surface area contributed by atoms with E-state index in [1.165, 1.54) is 0 Å². The third-order valence-corrected chi connectivity index (χ3v) is 5.21. The number of ether oxygens (including phenoxy) is 1. The molecule has 3 rings (SSSR count). The number of pyridine rings is 1. The van der Waals surface area contributed by atoms with Crippen molar-refractivity contribution >= 4 is 17.6 Å². The fourth-order valence-electron chi connectivity index (χ4n) is 3.52. The predicted molar refractivity (Wildman–Crippen MR) is 107 cm³/mol. The van der Waals surface area contributed by atoms with Crippen LogP contribution in [0.4, 0.5) is 11.6 Å². The standard InChI is InChI=1S/C20H27N7O/c1-15-4-6-27(7-5-15)20(25(2)3)24-18-16(13-21)12-17(14-22)19(23-18)26-8-10-28-11-9-26/h12,15H,4-11H2,1-3H3. The van der Waals surface area contributed by atoms with Gasteiger partial charge in [-0.25, -0.2) is 4.98 Å². The van der Waals surface area contributed by atoms with Crippen LogP contribution in [0.15, 0.2) is 11.1 Å². The molecule has 0 N–H and O–H groups in total. The van der Waals surface area contributed by atoms with E-state index in [2.05, 4.69) is 28.9 Å². The molecule has 1 aromatic heterocycles. The molecule has 2 aliphatic heterocycles. The average molecular weight is 381 g/mol.